The van der Waals surface area contributed by atoms with Gasteiger partial charge >= 0.3 is 0 Å². The average molecular weight is 281 g/mol. The molecular formula is C17H35N3. The molecule has 2 rings (SSSR count). The van der Waals surface area contributed by atoms with Gasteiger partial charge in [-0.05, 0) is 64.7 Å². The molecule has 3 heteroatoms. The summed E-state index contributed by atoms with van der Waals surface area (Å²) in [4.78, 5) is 5.30. The molecule has 0 aromatic carbocycles. The largest absolute Gasteiger partial charge is 0.329 e. The molecule has 118 valence electrons. The Morgan fingerprint density at radius 3 is 2.50 bits per heavy atom. The van der Waals surface area contributed by atoms with Crippen molar-refractivity contribution in [2.24, 2.45) is 11.7 Å². The minimum absolute atomic E-state index is 0.270. The highest BCUT2D eigenvalue weighted by Crippen LogP contribution is 2.34. The molecule has 0 aromatic rings. The highest BCUT2D eigenvalue weighted by Gasteiger charge is 2.40. The minimum Gasteiger partial charge on any atom is -0.329 e. The maximum absolute atomic E-state index is 6.24. The maximum atomic E-state index is 6.24. The van der Waals surface area contributed by atoms with Crippen molar-refractivity contribution >= 4 is 0 Å². The molecule has 0 aromatic heterocycles. The molecule has 0 radical (unpaired) electrons. The van der Waals surface area contributed by atoms with Gasteiger partial charge in [0.1, 0.15) is 0 Å². The first kappa shape index (κ1) is 16.3. The van der Waals surface area contributed by atoms with Gasteiger partial charge in [0.2, 0.25) is 0 Å². The van der Waals surface area contributed by atoms with Crippen LogP contribution in [0.15, 0.2) is 0 Å². The zero-order valence-electron chi connectivity index (χ0n) is 13.9. The average Bonchev–Trinajstić information content (AvgIpc) is 2.48. The first-order chi connectivity index (χ1) is 9.61. The quantitative estimate of drug-likeness (QED) is 0.841. The fourth-order valence-corrected chi connectivity index (χ4v) is 4.35. The topological polar surface area (TPSA) is 32.5 Å². The third kappa shape index (κ3) is 3.55. The van der Waals surface area contributed by atoms with Crippen molar-refractivity contribution in [1.29, 1.82) is 0 Å². The third-order valence-electron chi connectivity index (χ3n) is 5.91. The standard InChI is InChI=1S/C17H35N3/c1-4-10-20-11-8-17(14-18,9-12-20)19(3)16-7-5-6-15(2)13-16/h15-16H,4-14,18H2,1-3H3. The van der Waals surface area contributed by atoms with Crippen LogP contribution in [0.25, 0.3) is 0 Å². The Morgan fingerprint density at radius 2 is 1.95 bits per heavy atom. The van der Waals surface area contributed by atoms with E-state index in [4.69, 9.17) is 5.73 Å². The Morgan fingerprint density at radius 1 is 1.25 bits per heavy atom. The molecule has 1 saturated heterocycles. The molecule has 0 bridgehead atoms. The van der Waals surface area contributed by atoms with Crippen LogP contribution in [0.1, 0.15) is 58.8 Å². The predicted molar refractivity (Wildman–Crippen MR) is 86.9 cm³/mol. The summed E-state index contributed by atoms with van der Waals surface area (Å²) in [6, 6.07) is 0.764. The molecule has 2 unspecified atom stereocenters. The molecule has 2 atom stereocenters. The molecule has 20 heavy (non-hydrogen) atoms. The monoisotopic (exact) mass is 281 g/mol. The lowest BCUT2D eigenvalue weighted by Crippen LogP contribution is -2.61. The number of likely N-dealkylation sites (tertiary alicyclic amines) is 1. The van der Waals surface area contributed by atoms with Crippen LogP contribution in [0.4, 0.5) is 0 Å². The van der Waals surface area contributed by atoms with Crippen LogP contribution in [0.2, 0.25) is 0 Å². The van der Waals surface area contributed by atoms with Gasteiger partial charge in [0.05, 0.1) is 0 Å². The van der Waals surface area contributed by atoms with Crippen LogP contribution in [0.5, 0.6) is 0 Å². The van der Waals surface area contributed by atoms with Gasteiger partial charge in [0.25, 0.3) is 0 Å². The number of nitrogens with two attached hydrogens (primary N) is 1. The zero-order chi connectivity index (χ0) is 14.6. The highest BCUT2D eigenvalue weighted by atomic mass is 15.2. The lowest BCUT2D eigenvalue weighted by molar-refractivity contribution is -0.000107. The minimum atomic E-state index is 0.270. The van der Waals surface area contributed by atoms with Crippen molar-refractivity contribution in [2.75, 3.05) is 33.2 Å². The SMILES string of the molecule is CCCN1CCC(CN)(N(C)C2CCCC(C)C2)CC1. The van der Waals surface area contributed by atoms with Gasteiger partial charge in [0, 0.05) is 18.1 Å². The van der Waals surface area contributed by atoms with Crippen LogP contribution < -0.4 is 5.73 Å². The second kappa shape index (κ2) is 7.24. The number of piperidine rings is 1. The number of hydrogen-bond donors (Lipinski definition) is 1. The Balaban J connectivity index is 1.96. The second-order valence-corrected chi connectivity index (χ2v) is 7.31. The Kier molecular flexibility index (Phi) is 5.88. The summed E-state index contributed by atoms with van der Waals surface area (Å²) in [6.45, 7) is 9.24. The van der Waals surface area contributed by atoms with Gasteiger partial charge in [-0.3, -0.25) is 4.90 Å². The molecule has 0 spiro atoms. The van der Waals surface area contributed by atoms with Crippen molar-refractivity contribution in [3.63, 3.8) is 0 Å². The molecule has 0 amide bonds. The molecule has 1 saturated carbocycles. The van der Waals surface area contributed by atoms with Gasteiger partial charge in [-0.2, -0.15) is 0 Å². The Hall–Kier alpha value is -0.120. The molecular weight excluding hydrogens is 246 g/mol. The van der Waals surface area contributed by atoms with E-state index in [0.717, 1.165) is 18.5 Å². The van der Waals surface area contributed by atoms with Crippen molar-refractivity contribution in [1.82, 2.24) is 9.80 Å². The van der Waals surface area contributed by atoms with Gasteiger partial charge in [-0.15, -0.1) is 0 Å². The molecule has 1 aliphatic heterocycles. The second-order valence-electron chi connectivity index (χ2n) is 7.31. The van der Waals surface area contributed by atoms with Gasteiger partial charge in [0.15, 0.2) is 0 Å². The van der Waals surface area contributed by atoms with Gasteiger partial charge in [-0.25, -0.2) is 0 Å². The van der Waals surface area contributed by atoms with E-state index in [1.165, 1.54) is 64.6 Å². The number of rotatable bonds is 5. The van der Waals surface area contributed by atoms with E-state index in [1.54, 1.807) is 0 Å². The normalized spacial score (nSPS) is 31.6. The van der Waals surface area contributed by atoms with Crippen LogP contribution in [0, 0.1) is 5.92 Å². The predicted octanol–water partition coefficient (Wildman–Crippen LogP) is 2.70. The van der Waals surface area contributed by atoms with E-state index in [1.807, 2.05) is 0 Å². The molecule has 3 nitrogen and oxygen atoms in total. The van der Waals surface area contributed by atoms with Gasteiger partial charge < -0.3 is 10.6 Å². The summed E-state index contributed by atoms with van der Waals surface area (Å²) < 4.78 is 0. The van der Waals surface area contributed by atoms with Crippen molar-refractivity contribution < 1.29 is 0 Å². The highest BCUT2D eigenvalue weighted by molar-refractivity contribution is 4.98. The molecule has 1 aliphatic carbocycles. The molecule has 2 fully saturated rings. The van der Waals surface area contributed by atoms with Crippen molar-refractivity contribution in [3.05, 3.63) is 0 Å². The van der Waals surface area contributed by atoms with E-state index < -0.39 is 0 Å². The van der Waals surface area contributed by atoms with E-state index in [9.17, 15) is 0 Å². The number of likely N-dealkylation sites (N-methyl/N-ethyl adjacent to an activating group) is 1. The number of hydrogen-bond acceptors (Lipinski definition) is 3. The zero-order valence-corrected chi connectivity index (χ0v) is 13.9. The van der Waals surface area contributed by atoms with Crippen LogP contribution in [-0.4, -0.2) is 54.6 Å². The Bertz CT molecular complexity index is 284. The first-order valence-corrected chi connectivity index (χ1v) is 8.76. The number of nitrogens with zero attached hydrogens (tertiary/aromatic N) is 2. The molecule has 1 heterocycles. The van der Waals surface area contributed by atoms with Crippen LogP contribution in [-0.2, 0) is 0 Å². The summed E-state index contributed by atoms with van der Waals surface area (Å²) in [5.41, 5.74) is 6.51. The van der Waals surface area contributed by atoms with Crippen LogP contribution in [0.3, 0.4) is 0 Å². The smallest absolute Gasteiger partial charge is 0.0355 e. The van der Waals surface area contributed by atoms with Gasteiger partial charge in [-0.1, -0.05) is 26.7 Å². The molecule has 2 aliphatic rings. The maximum Gasteiger partial charge on any atom is 0.0355 e. The summed E-state index contributed by atoms with van der Waals surface area (Å²) in [5.74, 6) is 0.895. The fourth-order valence-electron chi connectivity index (χ4n) is 4.35. The van der Waals surface area contributed by atoms with Crippen molar-refractivity contribution in [3.8, 4) is 0 Å². The summed E-state index contributed by atoms with van der Waals surface area (Å²) >= 11 is 0. The van der Waals surface area contributed by atoms with Crippen molar-refractivity contribution in [2.45, 2.75) is 70.4 Å². The van der Waals surface area contributed by atoms with Crippen LogP contribution >= 0.6 is 0 Å². The summed E-state index contributed by atoms with van der Waals surface area (Å²) in [5, 5.41) is 0. The van der Waals surface area contributed by atoms with E-state index in [2.05, 4.69) is 30.7 Å². The molecule has 2 N–H and O–H groups in total. The third-order valence-corrected chi connectivity index (χ3v) is 5.91. The lowest BCUT2D eigenvalue weighted by Gasteiger charge is -2.51. The van der Waals surface area contributed by atoms with E-state index in [0.29, 0.717) is 0 Å². The Labute approximate surface area is 125 Å². The van der Waals surface area contributed by atoms with E-state index in [-0.39, 0.29) is 5.54 Å². The summed E-state index contributed by atoms with van der Waals surface area (Å²) in [6.07, 6.45) is 9.35. The first-order valence-electron chi connectivity index (χ1n) is 8.76. The summed E-state index contributed by atoms with van der Waals surface area (Å²) in [7, 11) is 2.35. The fraction of sp³-hybridized carbons (Fsp3) is 1.00. The van der Waals surface area contributed by atoms with E-state index >= 15 is 0 Å². The lowest BCUT2D eigenvalue weighted by atomic mass is 9.80.